The molecule has 0 aromatic heterocycles. The standard InChI is InChI=1S/C11H21NO2/c1-3-10-9-12(6-5-11(10)13)7-8-14-4-2/h10H,3-9H2,1-2H3. The normalized spacial score (nSPS) is 24.1. The van der Waals surface area contributed by atoms with Crippen LogP contribution in [0.2, 0.25) is 0 Å². The molecule has 1 fully saturated rings. The Bertz CT molecular complexity index is 182. The van der Waals surface area contributed by atoms with Gasteiger partial charge in [-0.3, -0.25) is 9.69 Å². The van der Waals surface area contributed by atoms with Crippen molar-refractivity contribution >= 4 is 5.78 Å². The Kier molecular flexibility index (Phi) is 5.12. The number of likely N-dealkylation sites (tertiary alicyclic amines) is 1. The highest BCUT2D eigenvalue weighted by atomic mass is 16.5. The number of ketones is 1. The molecule has 14 heavy (non-hydrogen) atoms. The van der Waals surface area contributed by atoms with Gasteiger partial charge in [0, 0.05) is 38.6 Å². The van der Waals surface area contributed by atoms with E-state index in [4.69, 9.17) is 4.74 Å². The van der Waals surface area contributed by atoms with Crippen LogP contribution in [-0.4, -0.2) is 43.5 Å². The molecule has 1 rings (SSSR count). The predicted octanol–water partition coefficient (Wildman–Crippen LogP) is 1.32. The molecule has 1 aliphatic heterocycles. The minimum Gasteiger partial charge on any atom is -0.380 e. The van der Waals surface area contributed by atoms with Gasteiger partial charge in [0.2, 0.25) is 0 Å². The van der Waals surface area contributed by atoms with Crippen LogP contribution in [0.1, 0.15) is 26.7 Å². The van der Waals surface area contributed by atoms with Crippen molar-refractivity contribution in [2.45, 2.75) is 26.7 Å². The van der Waals surface area contributed by atoms with E-state index in [1.807, 2.05) is 6.92 Å². The highest BCUT2D eigenvalue weighted by Gasteiger charge is 2.24. The lowest BCUT2D eigenvalue weighted by molar-refractivity contribution is -0.126. The Morgan fingerprint density at radius 1 is 1.50 bits per heavy atom. The van der Waals surface area contributed by atoms with E-state index in [9.17, 15) is 4.79 Å². The second-order valence-corrected chi connectivity index (χ2v) is 3.82. The van der Waals surface area contributed by atoms with Crippen molar-refractivity contribution < 1.29 is 9.53 Å². The lowest BCUT2D eigenvalue weighted by atomic mass is 9.94. The molecule has 1 saturated heterocycles. The van der Waals surface area contributed by atoms with Crippen LogP contribution in [0.25, 0.3) is 0 Å². The molecule has 0 aliphatic carbocycles. The molecule has 1 unspecified atom stereocenters. The van der Waals surface area contributed by atoms with Crippen molar-refractivity contribution in [3.05, 3.63) is 0 Å². The maximum Gasteiger partial charge on any atom is 0.138 e. The van der Waals surface area contributed by atoms with Crippen molar-refractivity contribution in [3.8, 4) is 0 Å². The minimum absolute atomic E-state index is 0.269. The monoisotopic (exact) mass is 199 g/mol. The quantitative estimate of drug-likeness (QED) is 0.625. The fourth-order valence-electron chi connectivity index (χ4n) is 1.88. The lowest BCUT2D eigenvalue weighted by Crippen LogP contribution is -2.42. The predicted molar refractivity (Wildman–Crippen MR) is 56.3 cm³/mol. The first-order valence-corrected chi connectivity index (χ1v) is 5.60. The summed E-state index contributed by atoms with van der Waals surface area (Å²) in [6, 6.07) is 0. The molecular weight excluding hydrogens is 178 g/mol. The number of ether oxygens (including phenoxy) is 1. The second-order valence-electron chi connectivity index (χ2n) is 3.82. The van der Waals surface area contributed by atoms with Gasteiger partial charge in [-0.1, -0.05) is 6.92 Å². The van der Waals surface area contributed by atoms with Crippen LogP contribution in [0, 0.1) is 5.92 Å². The van der Waals surface area contributed by atoms with Crippen molar-refractivity contribution in [2.24, 2.45) is 5.92 Å². The van der Waals surface area contributed by atoms with Crippen LogP contribution in [0.4, 0.5) is 0 Å². The molecule has 1 aliphatic rings. The Morgan fingerprint density at radius 3 is 2.93 bits per heavy atom. The number of carbonyl (C=O) groups excluding carboxylic acids is 1. The molecule has 3 heteroatoms. The van der Waals surface area contributed by atoms with Gasteiger partial charge in [0.05, 0.1) is 6.61 Å². The summed E-state index contributed by atoms with van der Waals surface area (Å²) in [5.41, 5.74) is 0. The van der Waals surface area contributed by atoms with Crippen LogP contribution in [0.5, 0.6) is 0 Å². The zero-order chi connectivity index (χ0) is 10.4. The second kappa shape index (κ2) is 6.14. The molecule has 1 heterocycles. The van der Waals surface area contributed by atoms with E-state index < -0.39 is 0 Å². The van der Waals surface area contributed by atoms with E-state index in [2.05, 4.69) is 11.8 Å². The number of Topliss-reactive ketones (excluding diaryl/α,β-unsaturated/α-hetero) is 1. The minimum atomic E-state index is 0.269. The molecule has 0 radical (unpaired) electrons. The lowest BCUT2D eigenvalue weighted by Gasteiger charge is -2.30. The summed E-state index contributed by atoms with van der Waals surface area (Å²) >= 11 is 0. The molecule has 1 atom stereocenters. The fourth-order valence-corrected chi connectivity index (χ4v) is 1.88. The Morgan fingerprint density at radius 2 is 2.29 bits per heavy atom. The molecule has 0 spiro atoms. The zero-order valence-electron chi connectivity index (χ0n) is 9.29. The summed E-state index contributed by atoms with van der Waals surface area (Å²) in [5, 5.41) is 0. The molecule has 0 N–H and O–H groups in total. The van der Waals surface area contributed by atoms with Crippen molar-refractivity contribution in [3.63, 3.8) is 0 Å². The number of nitrogens with zero attached hydrogens (tertiary/aromatic N) is 1. The molecule has 0 aromatic rings. The van der Waals surface area contributed by atoms with Crippen LogP contribution >= 0.6 is 0 Å². The van der Waals surface area contributed by atoms with Gasteiger partial charge in [0.1, 0.15) is 5.78 Å². The average molecular weight is 199 g/mol. The summed E-state index contributed by atoms with van der Waals surface area (Å²) in [6.45, 7) is 8.50. The maximum absolute atomic E-state index is 11.4. The van der Waals surface area contributed by atoms with Gasteiger partial charge < -0.3 is 4.74 Å². The van der Waals surface area contributed by atoms with E-state index in [1.165, 1.54) is 0 Å². The largest absolute Gasteiger partial charge is 0.380 e. The summed E-state index contributed by atoms with van der Waals surface area (Å²) < 4.78 is 5.31. The number of hydrogen-bond acceptors (Lipinski definition) is 3. The first-order valence-electron chi connectivity index (χ1n) is 5.60. The van der Waals surface area contributed by atoms with E-state index in [-0.39, 0.29) is 5.92 Å². The molecule has 0 aromatic carbocycles. The topological polar surface area (TPSA) is 29.5 Å². The van der Waals surface area contributed by atoms with Gasteiger partial charge in [-0.05, 0) is 13.3 Å². The third kappa shape index (κ3) is 3.39. The van der Waals surface area contributed by atoms with Crippen LogP contribution < -0.4 is 0 Å². The van der Waals surface area contributed by atoms with E-state index >= 15 is 0 Å². The molecule has 0 bridgehead atoms. The number of piperidine rings is 1. The Balaban J connectivity index is 2.24. The van der Waals surface area contributed by atoms with Crippen LogP contribution in [-0.2, 0) is 9.53 Å². The first-order chi connectivity index (χ1) is 6.77. The highest BCUT2D eigenvalue weighted by molar-refractivity contribution is 5.82. The zero-order valence-corrected chi connectivity index (χ0v) is 9.29. The number of rotatable bonds is 5. The fraction of sp³-hybridized carbons (Fsp3) is 0.909. The summed E-state index contributed by atoms with van der Waals surface area (Å²) in [6.07, 6.45) is 1.70. The highest BCUT2D eigenvalue weighted by Crippen LogP contribution is 2.15. The van der Waals surface area contributed by atoms with Crippen molar-refractivity contribution in [1.82, 2.24) is 4.90 Å². The van der Waals surface area contributed by atoms with Gasteiger partial charge in [-0.25, -0.2) is 0 Å². The summed E-state index contributed by atoms with van der Waals surface area (Å²) in [7, 11) is 0. The molecule has 82 valence electrons. The third-order valence-corrected chi connectivity index (χ3v) is 2.86. The summed E-state index contributed by atoms with van der Waals surface area (Å²) in [5.74, 6) is 0.713. The Hall–Kier alpha value is -0.410. The maximum atomic E-state index is 11.4. The third-order valence-electron chi connectivity index (χ3n) is 2.86. The van der Waals surface area contributed by atoms with Gasteiger partial charge >= 0.3 is 0 Å². The molecule has 0 amide bonds. The Labute approximate surface area is 86.4 Å². The summed E-state index contributed by atoms with van der Waals surface area (Å²) in [4.78, 5) is 13.8. The number of hydrogen-bond donors (Lipinski definition) is 0. The van der Waals surface area contributed by atoms with Crippen molar-refractivity contribution in [1.29, 1.82) is 0 Å². The van der Waals surface area contributed by atoms with Crippen LogP contribution in [0.15, 0.2) is 0 Å². The van der Waals surface area contributed by atoms with Gasteiger partial charge in [0.25, 0.3) is 0 Å². The molecule has 0 saturated carbocycles. The smallest absolute Gasteiger partial charge is 0.138 e. The first kappa shape index (κ1) is 11.7. The average Bonchev–Trinajstić information content (AvgIpc) is 2.21. The van der Waals surface area contributed by atoms with E-state index in [0.717, 1.165) is 45.7 Å². The van der Waals surface area contributed by atoms with Crippen LogP contribution in [0.3, 0.4) is 0 Å². The van der Waals surface area contributed by atoms with E-state index in [1.54, 1.807) is 0 Å². The van der Waals surface area contributed by atoms with Crippen molar-refractivity contribution in [2.75, 3.05) is 32.8 Å². The van der Waals surface area contributed by atoms with Gasteiger partial charge in [-0.2, -0.15) is 0 Å². The molecule has 3 nitrogen and oxygen atoms in total. The van der Waals surface area contributed by atoms with Gasteiger partial charge in [0.15, 0.2) is 0 Å². The number of carbonyl (C=O) groups is 1. The van der Waals surface area contributed by atoms with E-state index in [0.29, 0.717) is 5.78 Å². The SMILES string of the molecule is CCOCCN1CCC(=O)C(CC)C1. The van der Waals surface area contributed by atoms with Gasteiger partial charge in [-0.15, -0.1) is 0 Å². The molecular formula is C11H21NO2.